The molecule has 3 nitrogen and oxygen atoms in total. The quantitative estimate of drug-likeness (QED) is 0.927. The Balaban J connectivity index is 1.79. The highest BCUT2D eigenvalue weighted by atomic mass is 16.3. The van der Waals surface area contributed by atoms with Crippen LogP contribution in [-0.2, 0) is 16.9 Å². The molecule has 1 fully saturated rings. The van der Waals surface area contributed by atoms with Gasteiger partial charge in [-0.05, 0) is 11.1 Å². The zero-order valence-corrected chi connectivity index (χ0v) is 11.2. The summed E-state index contributed by atoms with van der Waals surface area (Å²) in [6.45, 7) is 0.902. The van der Waals surface area contributed by atoms with Gasteiger partial charge in [-0.15, -0.1) is 0 Å². The van der Waals surface area contributed by atoms with E-state index in [0.29, 0.717) is 13.1 Å². The molecule has 0 spiro atoms. The van der Waals surface area contributed by atoms with Gasteiger partial charge in [0.15, 0.2) is 0 Å². The molecule has 20 heavy (non-hydrogen) atoms. The van der Waals surface area contributed by atoms with Crippen molar-refractivity contribution >= 4 is 5.91 Å². The minimum absolute atomic E-state index is 0.000191. The number of rotatable bonds is 3. The van der Waals surface area contributed by atoms with Gasteiger partial charge in [0.2, 0.25) is 5.91 Å². The molecule has 3 heteroatoms. The lowest BCUT2D eigenvalue weighted by Crippen LogP contribution is -2.31. The highest BCUT2D eigenvalue weighted by molar-refractivity contribution is 5.80. The van der Waals surface area contributed by atoms with Crippen molar-refractivity contribution in [2.75, 3.05) is 6.54 Å². The molecule has 0 bridgehead atoms. The van der Waals surface area contributed by atoms with Crippen molar-refractivity contribution in [3.05, 3.63) is 71.8 Å². The van der Waals surface area contributed by atoms with Gasteiger partial charge >= 0.3 is 0 Å². The van der Waals surface area contributed by atoms with Gasteiger partial charge in [-0.25, -0.2) is 0 Å². The van der Waals surface area contributed by atoms with Crippen molar-refractivity contribution in [2.24, 2.45) is 0 Å². The maximum Gasteiger partial charge on any atom is 0.226 e. The van der Waals surface area contributed by atoms with E-state index in [1.54, 1.807) is 4.90 Å². The van der Waals surface area contributed by atoms with Gasteiger partial charge in [-0.2, -0.15) is 0 Å². The van der Waals surface area contributed by atoms with E-state index < -0.39 is 5.60 Å². The van der Waals surface area contributed by atoms with Crippen molar-refractivity contribution in [3.8, 4) is 0 Å². The van der Waals surface area contributed by atoms with Crippen LogP contribution in [0.15, 0.2) is 60.7 Å². The van der Waals surface area contributed by atoms with E-state index in [9.17, 15) is 9.90 Å². The Morgan fingerprint density at radius 1 is 1.00 bits per heavy atom. The fourth-order valence-corrected chi connectivity index (χ4v) is 2.71. The van der Waals surface area contributed by atoms with Crippen LogP contribution in [0.3, 0.4) is 0 Å². The smallest absolute Gasteiger partial charge is 0.226 e. The fraction of sp³-hybridized carbons (Fsp3) is 0.235. The van der Waals surface area contributed by atoms with Crippen LogP contribution in [0.1, 0.15) is 17.5 Å². The van der Waals surface area contributed by atoms with E-state index in [-0.39, 0.29) is 12.3 Å². The summed E-state index contributed by atoms with van der Waals surface area (Å²) in [6, 6.07) is 19.3. The summed E-state index contributed by atoms with van der Waals surface area (Å²) >= 11 is 0. The van der Waals surface area contributed by atoms with Crippen LogP contribution in [0.5, 0.6) is 0 Å². The molecule has 1 heterocycles. The van der Waals surface area contributed by atoms with Crippen LogP contribution in [0.2, 0.25) is 0 Å². The van der Waals surface area contributed by atoms with E-state index in [1.165, 1.54) is 0 Å². The van der Waals surface area contributed by atoms with Gasteiger partial charge in [0.1, 0.15) is 5.60 Å². The third-order valence-electron chi connectivity index (χ3n) is 3.78. The molecular formula is C17H17NO2. The number of amides is 1. The number of carbonyl (C=O) groups excluding carboxylic acids is 1. The molecule has 1 unspecified atom stereocenters. The van der Waals surface area contributed by atoms with Crippen molar-refractivity contribution in [2.45, 2.75) is 18.6 Å². The van der Waals surface area contributed by atoms with Crippen molar-refractivity contribution in [3.63, 3.8) is 0 Å². The number of aliphatic hydroxyl groups is 1. The molecule has 0 aliphatic carbocycles. The Kier molecular flexibility index (Phi) is 3.28. The topological polar surface area (TPSA) is 40.5 Å². The predicted molar refractivity (Wildman–Crippen MR) is 76.8 cm³/mol. The SMILES string of the molecule is O=C1CC(O)(c2ccccc2)CN1Cc1ccccc1. The lowest BCUT2D eigenvalue weighted by molar-refractivity contribution is -0.128. The zero-order chi connectivity index (χ0) is 14.0. The maximum atomic E-state index is 12.1. The molecule has 2 aromatic rings. The van der Waals surface area contributed by atoms with Crippen molar-refractivity contribution in [1.82, 2.24) is 4.90 Å². The molecule has 2 aromatic carbocycles. The third-order valence-corrected chi connectivity index (χ3v) is 3.78. The fourth-order valence-electron chi connectivity index (χ4n) is 2.71. The summed E-state index contributed by atoms with van der Waals surface area (Å²) in [6.07, 6.45) is 0.157. The van der Waals surface area contributed by atoms with E-state index in [2.05, 4.69) is 0 Å². The Morgan fingerprint density at radius 2 is 1.60 bits per heavy atom. The van der Waals surface area contributed by atoms with Gasteiger partial charge in [0, 0.05) is 6.54 Å². The second-order valence-electron chi connectivity index (χ2n) is 5.31. The van der Waals surface area contributed by atoms with E-state index in [0.717, 1.165) is 11.1 Å². The van der Waals surface area contributed by atoms with Gasteiger partial charge in [-0.3, -0.25) is 4.79 Å². The second-order valence-corrected chi connectivity index (χ2v) is 5.31. The van der Waals surface area contributed by atoms with Crippen molar-refractivity contribution in [1.29, 1.82) is 0 Å². The van der Waals surface area contributed by atoms with Crippen LogP contribution in [-0.4, -0.2) is 22.5 Å². The molecule has 1 saturated heterocycles. The van der Waals surface area contributed by atoms with Crippen LogP contribution in [0, 0.1) is 0 Å². The van der Waals surface area contributed by atoms with Gasteiger partial charge in [-0.1, -0.05) is 60.7 Å². The summed E-state index contributed by atoms with van der Waals surface area (Å²) in [7, 11) is 0. The Bertz CT molecular complexity index is 597. The average Bonchev–Trinajstić information content (AvgIpc) is 2.77. The first-order chi connectivity index (χ1) is 9.67. The molecule has 1 atom stereocenters. The highest BCUT2D eigenvalue weighted by Gasteiger charge is 2.42. The minimum Gasteiger partial charge on any atom is -0.383 e. The lowest BCUT2D eigenvalue weighted by Gasteiger charge is -2.23. The molecule has 0 radical (unpaired) electrons. The highest BCUT2D eigenvalue weighted by Crippen LogP contribution is 2.33. The molecule has 1 amide bonds. The van der Waals surface area contributed by atoms with Gasteiger partial charge < -0.3 is 10.0 Å². The number of likely N-dealkylation sites (tertiary alicyclic amines) is 1. The zero-order valence-electron chi connectivity index (χ0n) is 11.2. The van der Waals surface area contributed by atoms with Crippen molar-refractivity contribution < 1.29 is 9.90 Å². The summed E-state index contributed by atoms with van der Waals surface area (Å²) in [5, 5.41) is 10.7. The van der Waals surface area contributed by atoms with Crippen LogP contribution in [0.25, 0.3) is 0 Å². The van der Waals surface area contributed by atoms with E-state index >= 15 is 0 Å². The number of benzene rings is 2. The van der Waals surface area contributed by atoms with Gasteiger partial charge in [0.05, 0.1) is 13.0 Å². The maximum absolute atomic E-state index is 12.1. The molecule has 0 aromatic heterocycles. The largest absolute Gasteiger partial charge is 0.383 e. The number of nitrogens with zero attached hydrogens (tertiary/aromatic N) is 1. The third kappa shape index (κ3) is 2.45. The molecule has 1 aliphatic rings. The molecule has 1 aliphatic heterocycles. The van der Waals surface area contributed by atoms with E-state index in [4.69, 9.17) is 0 Å². The van der Waals surface area contributed by atoms with Crippen LogP contribution in [0.4, 0.5) is 0 Å². The van der Waals surface area contributed by atoms with Gasteiger partial charge in [0.25, 0.3) is 0 Å². The number of carbonyl (C=O) groups is 1. The first kappa shape index (κ1) is 12.9. The Morgan fingerprint density at radius 3 is 2.25 bits per heavy atom. The predicted octanol–water partition coefficient (Wildman–Crippen LogP) is 2.31. The summed E-state index contributed by atoms with van der Waals surface area (Å²) < 4.78 is 0. The Labute approximate surface area is 118 Å². The van der Waals surface area contributed by atoms with Crippen LogP contribution >= 0.6 is 0 Å². The molecule has 0 saturated carbocycles. The summed E-state index contributed by atoms with van der Waals surface area (Å²) in [4.78, 5) is 13.9. The van der Waals surface area contributed by atoms with Crippen LogP contribution < -0.4 is 0 Å². The second kappa shape index (κ2) is 5.10. The lowest BCUT2D eigenvalue weighted by atomic mass is 9.93. The molecule has 1 N–H and O–H groups in total. The number of hydrogen-bond acceptors (Lipinski definition) is 2. The molecular weight excluding hydrogens is 250 g/mol. The first-order valence-corrected chi connectivity index (χ1v) is 6.77. The Hall–Kier alpha value is -2.13. The average molecular weight is 267 g/mol. The molecule has 102 valence electrons. The normalized spacial score (nSPS) is 22.2. The summed E-state index contributed by atoms with van der Waals surface area (Å²) in [5.41, 5.74) is 0.828. The monoisotopic (exact) mass is 267 g/mol. The summed E-state index contributed by atoms with van der Waals surface area (Å²) in [5.74, 6) is 0.000191. The minimum atomic E-state index is -1.06. The standard InChI is InChI=1S/C17H17NO2/c19-16-11-17(20,15-9-5-2-6-10-15)13-18(16)12-14-7-3-1-4-8-14/h1-10,20H,11-13H2. The molecule has 3 rings (SSSR count). The van der Waals surface area contributed by atoms with E-state index in [1.807, 2.05) is 60.7 Å². The number of β-amino-alcohol motifs (C(OH)–C–C–N with tert-alkyl or cyclic N) is 1. The first-order valence-electron chi connectivity index (χ1n) is 6.77. The number of hydrogen-bond donors (Lipinski definition) is 1.